The molecule has 0 aliphatic heterocycles. The Kier molecular flexibility index (Phi) is 4.90. The van der Waals surface area contributed by atoms with Crippen LogP contribution in [-0.4, -0.2) is 28.3 Å². The first-order valence-corrected chi connectivity index (χ1v) is 7.90. The van der Waals surface area contributed by atoms with Crippen molar-refractivity contribution in [3.05, 3.63) is 64.8 Å². The maximum absolute atomic E-state index is 12.3. The molecule has 1 aromatic heterocycles. The number of carbonyl (C=O) groups excluding carboxylic acids is 1. The Balaban J connectivity index is 1.68. The fourth-order valence-electron chi connectivity index (χ4n) is 2.34. The van der Waals surface area contributed by atoms with Crippen LogP contribution in [0.25, 0.3) is 11.3 Å². The topological polar surface area (TPSA) is 87.2 Å². The van der Waals surface area contributed by atoms with Gasteiger partial charge in [-0.1, -0.05) is 29.8 Å². The van der Waals surface area contributed by atoms with Crippen LogP contribution in [0.15, 0.2) is 48.5 Å². The zero-order chi connectivity index (χ0) is 17.8. The van der Waals surface area contributed by atoms with Gasteiger partial charge in [0.25, 0.3) is 5.91 Å². The summed E-state index contributed by atoms with van der Waals surface area (Å²) in [4.78, 5) is 12.3. The number of benzene rings is 2. The number of phenolic OH excluding ortho intramolecular Hbond substituents is 1. The molecule has 3 N–H and O–H groups in total. The number of halogens is 1. The number of carbonyl (C=O) groups is 1. The van der Waals surface area contributed by atoms with Gasteiger partial charge in [0.1, 0.15) is 5.69 Å². The zero-order valence-corrected chi connectivity index (χ0v) is 14.2. The van der Waals surface area contributed by atoms with Crippen molar-refractivity contribution in [2.45, 2.75) is 6.54 Å². The van der Waals surface area contributed by atoms with Crippen LogP contribution in [0, 0.1) is 0 Å². The van der Waals surface area contributed by atoms with Gasteiger partial charge in [0.2, 0.25) is 0 Å². The van der Waals surface area contributed by atoms with Gasteiger partial charge in [0.15, 0.2) is 11.5 Å². The Labute approximate surface area is 149 Å². The number of phenols is 1. The summed E-state index contributed by atoms with van der Waals surface area (Å²) in [6.45, 7) is 0.293. The molecule has 0 bridgehead atoms. The van der Waals surface area contributed by atoms with Gasteiger partial charge in [0, 0.05) is 17.1 Å². The van der Waals surface area contributed by atoms with Crippen molar-refractivity contribution in [1.29, 1.82) is 0 Å². The Hall–Kier alpha value is -2.99. The Morgan fingerprint density at radius 2 is 2.12 bits per heavy atom. The zero-order valence-electron chi connectivity index (χ0n) is 13.4. The quantitative estimate of drug-likeness (QED) is 0.653. The lowest BCUT2D eigenvalue weighted by Gasteiger charge is -2.07. The number of nitrogens with zero attached hydrogens (tertiary/aromatic N) is 1. The lowest BCUT2D eigenvalue weighted by atomic mass is 10.1. The van der Waals surface area contributed by atoms with E-state index < -0.39 is 0 Å². The number of hydrogen-bond acceptors (Lipinski definition) is 4. The molecule has 128 valence electrons. The SMILES string of the molecule is COc1cc(CNC(=O)c2cc(-c3cccc(Cl)c3)n[nH]2)ccc1O. The summed E-state index contributed by atoms with van der Waals surface area (Å²) < 4.78 is 5.05. The fraction of sp³-hybridized carbons (Fsp3) is 0.111. The second kappa shape index (κ2) is 7.27. The number of aromatic nitrogens is 2. The third-order valence-electron chi connectivity index (χ3n) is 3.64. The van der Waals surface area contributed by atoms with Crippen LogP contribution in [0.2, 0.25) is 5.02 Å². The molecular weight excluding hydrogens is 342 g/mol. The number of aromatic hydroxyl groups is 1. The highest BCUT2D eigenvalue weighted by atomic mass is 35.5. The largest absolute Gasteiger partial charge is 0.504 e. The summed E-state index contributed by atoms with van der Waals surface area (Å²) in [5, 5.41) is 19.8. The summed E-state index contributed by atoms with van der Waals surface area (Å²) in [5.41, 5.74) is 2.61. The molecule has 0 fully saturated rings. The first-order chi connectivity index (χ1) is 12.1. The van der Waals surface area contributed by atoms with Crippen LogP contribution in [-0.2, 0) is 6.54 Å². The summed E-state index contributed by atoms with van der Waals surface area (Å²) in [6.07, 6.45) is 0. The van der Waals surface area contributed by atoms with Gasteiger partial charge in [-0.05, 0) is 35.9 Å². The van der Waals surface area contributed by atoms with Gasteiger partial charge in [0.05, 0.1) is 12.8 Å². The van der Waals surface area contributed by atoms with Gasteiger partial charge >= 0.3 is 0 Å². The standard InChI is InChI=1S/C18H16ClN3O3/c1-25-17-7-11(5-6-16(17)23)10-20-18(24)15-9-14(21-22-15)12-3-2-4-13(19)8-12/h2-9,23H,10H2,1H3,(H,20,24)(H,21,22). The average Bonchev–Trinajstić information content (AvgIpc) is 3.11. The van der Waals surface area contributed by atoms with Crippen molar-refractivity contribution in [1.82, 2.24) is 15.5 Å². The summed E-state index contributed by atoms with van der Waals surface area (Å²) in [5.74, 6) is 0.127. The van der Waals surface area contributed by atoms with Crippen LogP contribution < -0.4 is 10.1 Å². The van der Waals surface area contributed by atoms with E-state index in [1.54, 1.807) is 30.3 Å². The van der Waals surface area contributed by atoms with E-state index in [1.807, 2.05) is 12.1 Å². The van der Waals surface area contributed by atoms with E-state index in [4.69, 9.17) is 16.3 Å². The van der Waals surface area contributed by atoms with E-state index in [1.165, 1.54) is 13.2 Å². The van der Waals surface area contributed by atoms with Crippen molar-refractivity contribution in [3.63, 3.8) is 0 Å². The molecule has 0 spiro atoms. The normalized spacial score (nSPS) is 10.5. The molecule has 0 saturated carbocycles. The minimum atomic E-state index is -0.284. The molecule has 6 nitrogen and oxygen atoms in total. The molecule has 3 aromatic rings. The van der Waals surface area contributed by atoms with Gasteiger partial charge in [-0.3, -0.25) is 9.89 Å². The van der Waals surface area contributed by atoms with Gasteiger partial charge < -0.3 is 15.2 Å². The highest BCUT2D eigenvalue weighted by Crippen LogP contribution is 2.26. The highest BCUT2D eigenvalue weighted by Gasteiger charge is 2.11. The molecule has 7 heteroatoms. The molecule has 0 saturated heterocycles. The van der Waals surface area contributed by atoms with Crippen molar-refractivity contribution in [2.75, 3.05) is 7.11 Å². The lowest BCUT2D eigenvalue weighted by Crippen LogP contribution is -2.23. The number of H-pyrrole nitrogens is 1. The molecule has 1 amide bonds. The molecular formula is C18H16ClN3O3. The number of nitrogens with one attached hydrogen (secondary N) is 2. The number of aromatic amines is 1. The van der Waals surface area contributed by atoms with Crippen LogP contribution in [0.4, 0.5) is 0 Å². The molecule has 3 rings (SSSR count). The highest BCUT2D eigenvalue weighted by molar-refractivity contribution is 6.30. The molecule has 0 atom stereocenters. The lowest BCUT2D eigenvalue weighted by molar-refractivity contribution is 0.0946. The second-order valence-electron chi connectivity index (χ2n) is 5.37. The summed E-state index contributed by atoms with van der Waals surface area (Å²) in [7, 11) is 1.47. The van der Waals surface area contributed by atoms with E-state index in [0.717, 1.165) is 11.1 Å². The smallest absolute Gasteiger partial charge is 0.269 e. The van der Waals surface area contributed by atoms with E-state index >= 15 is 0 Å². The van der Waals surface area contributed by atoms with Gasteiger partial charge in [-0.15, -0.1) is 0 Å². The number of ether oxygens (including phenoxy) is 1. The minimum Gasteiger partial charge on any atom is -0.504 e. The summed E-state index contributed by atoms with van der Waals surface area (Å²) >= 11 is 5.97. The van der Waals surface area contributed by atoms with Gasteiger partial charge in [-0.25, -0.2) is 0 Å². The average molecular weight is 358 g/mol. The number of amides is 1. The fourth-order valence-corrected chi connectivity index (χ4v) is 2.53. The molecule has 25 heavy (non-hydrogen) atoms. The van der Waals surface area contributed by atoms with Crippen molar-refractivity contribution in [3.8, 4) is 22.8 Å². The van der Waals surface area contributed by atoms with E-state index in [0.29, 0.717) is 28.7 Å². The van der Waals surface area contributed by atoms with Crippen LogP contribution >= 0.6 is 11.6 Å². The van der Waals surface area contributed by atoms with E-state index in [-0.39, 0.29) is 11.7 Å². The molecule has 0 unspecified atom stereocenters. The molecule has 2 aromatic carbocycles. The Bertz CT molecular complexity index is 908. The van der Waals surface area contributed by atoms with E-state index in [2.05, 4.69) is 15.5 Å². The first kappa shape index (κ1) is 16.9. The molecule has 0 aliphatic rings. The van der Waals surface area contributed by atoms with Crippen LogP contribution in [0.1, 0.15) is 16.1 Å². The first-order valence-electron chi connectivity index (χ1n) is 7.52. The number of rotatable bonds is 5. The third-order valence-corrected chi connectivity index (χ3v) is 3.88. The predicted molar refractivity (Wildman–Crippen MR) is 94.9 cm³/mol. The van der Waals surface area contributed by atoms with Crippen molar-refractivity contribution < 1.29 is 14.6 Å². The Morgan fingerprint density at radius 3 is 2.88 bits per heavy atom. The maximum Gasteiger partial charge on any atom is 0.269 e. The Morgan fingerprint density at radius 1 is 1.28 bits per heavy atom. The maximum atomic E-state index is 12.3. The monoisotopic (exact) mass is 357 g/mol. The molecule has 1 heterocycles. The molecule has 0 radical (unpaired) electrons. The van der Waals surface area contributed by atoms with Crippen molar-refractivity contribution in [2.24, 2.45) is 0 Å². The number of methoxy groups -OCH3 is 1. The second-order valence-corrected chi connectivity index (χ2v) is 5.80. The number of hydrogen-bond donors (Lipinski definition) is 3. The summed E-state index contributed by atoms with van der Waals surface area (Å²) in [6, 6.07) is 13.8. The molecule has 0 aliphatic carbocycles. The van der Waals surface area contributed by atoms with Crippen molar-refractivity contribution >= 4 is 17.5 Å². The van der Waals surface area contributed by atoms with Crippen LogP contribution in [0.3, 0.4) is 0 Å². The van der Waals surface area contributed by atoms with Crippen LogP contribution in [0.5, 0.6) is 11.5 Å². The minimum absolute atomic E-state index is 0.0531. The third kappa shape index (κ3) is 3.92. The van der Waals surface area contributed by atoms with E-state index in [9.17, 15) is 9.90 Å². The predicted octanol–water partition coefficient (Wildman–Crippen LogP) is 3.37. The van der Waals surface area contributed by atoms with Gasteiger partial charge in [-0.2, -0.15) is 5.10 Å².